The zero-order chi connectivity index (χ0) is 22.2. The molecule has 0 aliphatic heterocycles. The largest absolute Gasteiger partial charge is 0.416 e. The van der Waals surface area contributed by atoms with E-state index in [0.717, 1.165) is 24.2 Å². The van der Waals surface area contributed by atoms with Crippen LogP contribution in [0.25, 0.3) is 11.3 Å². The molecule has 3 rings (SSSR count). The standard InChI is InChI=1S/C19H23ClN2O2S.C5H5N/c1-2-3-4-5-6-10-13-25-19(23)24-16-14-17(20)21-22-18(16)15-11-8-7-9-12-15;1-2-4-6-5-3-1/h7-9,11-12,14H,2-6,10,13H2,1H3;1-5H. The van der Waals surface area contributed by atoms with Crippen LogP contribution in [0.4, 0.5) is 4.79 Å². The molecule has 0 saturated carbocycles. The van der Waals surface area contributed by atoms with Crippen LogP contribution >= 0.6 is 23.4 Å². The third-order valence-electron chi connectivity index (χ3n) is 4.25. The van der Waals surface area contributed by atoms with Crippen LogP contribution in [-0.2, 0) is 0 Å². The summed E-state index contributed by atoms with van der Waals surface area (Å²) in [6.45, 7) is 2.20. The number of ether oxygens (including phenoxy) is 1. The second kappa shape index (κ2) is 15.4. The minimum Gasteiger partial charge on any atom is -0.416 e. The molecule has 0 aliphatic carbocycles. The topological polar surface area (TPSA) is 65.0 Å². The minimum absolute atomic E-state index is 0.198. The maximum Gasteiger partial charge on any atom is 0.372 e. The first-order valence-corrected chi connectivity index (χ1v) is 11.8. The summed E-state index contributed by atoms with van der Waals surface area (Å²) in [5.41, 5.74) is 1.34. The highest BCUT2D eigenvalue weighted by molar-refractivity contribution is 8.13. The molecule has 0 radical (unpaired) electrons. The molecule has 31 heavy (non-hydrogen) atoms. The van der Waals surface area contributed by atoms with Gasteiger partial charge in [-0.1, -0.05) is 87.0 Å². The van der Waals surface area contributed by atoms with Gasteiger partial charge in [-0.25, -0.2) is 4.79 Å². The summed E-state index contributed by atoms with van der Waals surface area (Å²) >= 11 is 7.10. The second-order valence-corrected chi connectivity index (χ2v) is 8.16. The molecule has 0 saturated heterocycles. The van der Waals surface area contributed by atoms with Crippen LogP contribution < -0.4 is 4.74 Å². The molecular weight excluding hydrogens is 430 g/mol. The molecule has 0 N–H and O–H groups in total. The van der Waals surface area contributed by atoms with E-state index < -0.39 is 0 Å². The van der Waals surface area contributed by atoms with Crippen molar-refractivity contribution < 1.29 is 9.53 Å². The molecule has 5 nitrogen and oxygen atoms in total. The van der Waals surface area contributed by atoms with Gasteiger partial charge in [-0.15, -0.1) is 10.2 Å². The molecule has 1 aromatic carbocycles. The van der Waals surface area contributed by atoms with Crippen LogP contribution in [0.3, 0.4) is 0 Å². The molecule has 0 unspecified atom stereocenters. The summed E-state index contributed by atoms with van der Waals surface area (Å²) in [5, 5.41) is 7.78. The number of benzene rings is 1. The Bertz CT molecular complexity index is 856. The lowest BCUT2D eigenvalue weighted by molar-refractivity contribution is 0.227. The van der Waals surface area contributed by atoms with Crippen LogP contribution in [0.15, 0.2) is 67.0 Å². The molecule has 3 aromatic rings. The number of hydrogen-bond acceptors (Lipinski definition) is 6. The summed E-state index contributed by atoms with van der Waals surface area (Å²) in [7, 11) is 0. The van der Waals surface area contributed by atoms with E-state index in [1.807, 2.05) is 48.5 Å². The number of carbonyl (C=O) groups is 1. The van der Waals surface area contributed by atoms with E-state index in [1.165, 1.54) is 43.5 Å². The van der Waals surface area contributed by atoms with E-state index in [2.05, 4.69) is 22.1 Å². The number of unbranched alkanes of at least 4 members (excludes halogenated alkanes) is 5. The quantitative estimate of drug-likeness (QED) is 0.245. The maximum atomic E-state index is 12.1. The highest BCUT2D eigenvalue weighted by atomic mass is 35.5. The van der Waals surface area contributed by atoms with E-state index in [0.29, 0.717) is 11.4 Å². The Morgan fingerprint density at radius 2 is 1.61 bits per heavy atom. The van der Waals surface area contributed by atoms with E-state index in [9.17, 15) is 4.79 Å². The Kier molecular flexibility index (Phi) is 12.3. The molecule has 2 heterocycles. The predicted molar refractivity (Wildman–Crippen MR) is 129 cm³/mol. The summed E-state index contributed by atoms with van der Waals surface area (Å²) < 4.78 is 5.46. The number of thioether (sulfide) groups is 1. The Morgan fingerprint density at radius 3 is 2.26 bits per heavy atom. The number of hydrogen-bond donors (Lipinski definition) is 0. The summed E-state index contributed by atoms with van der Waals surface area (Å²) in [5.74, 6) is 1.10. The predicted octanol–water partition coefficient (Wildman–Crippen LogP) is 7.47. The molecular formula is C24H28ClN3O2S. The average molecular weight is 458 g/mol. The van der Waals surface area contributed by atoms with Crippen molar-refractivity contribution in [2.45, 2.75) is 45.4 Å². The summed E-state index contributed by atoms with van der Waals surface area (Å²) in [4.78, 5) is 15.9. The van der Waals surface area contributed by atoms with Crippen LogP contribution in [-0.4, -0.2) is 26.2 Å². The van der Waals surface area contributed by atoms with E-state index >= 15 is 0 Å². The first-order chi connectivity index (χ1) is 15.2. The van der Waals surface area contributed by atoms with Crippen molar-refractivity contribution in [3.8, 4) is 17.0 Å². The van der Waals surface area contributed by atoms with Crippen LogP contribution in [0.1, 0.15) is 45.4 Å². The van der Waals surface area contributed by atoms with Crippen molar-refractivity contribution in [3.63, 3.8) is 0 Å². The minimum atomic E-state index is -0.338. The molecule has 2 aromatic heterocycles. The van der Waals surface area contributed by atoms with Gasteiger partial charge in [0.1, 0.15) is 5.69 Å². The smallest absolute Gasteiger partial charge is 0.372 e. The monoisotopic (exact) mass is 457 g/mol. The van der Waals surface area contributed by atoms with Gasteiger partial charge in [0.2, 0.25) is 0 Å². The molecule has 0 aliphatic rings. The van der Waals surface area contributed by atoms with Gasteiger partial charge in [-0.05, 0) is 30.3 Å². The summed E-state index contributed by atoms with van der Waals surface area (Å²) in [6, 6.07) is 16.7. The molecule has 0 fully saturated rings. The summed E-state index contributed by atoms with van der Waals surface area (Å²) in [6.07, 6.45) is 10.7. The van der Waals surface area contributed by atoms with Crippen molar-refractivity contribution in [3.05, 3.63) is 72.1 Å². The normalized spacial score (nSPS) is 10.1. The highest BCUT2D eigenvalue weighted by Crippen LogP contribution is 2.30. The number of carbonyl (C=O) groups excluding carboxylic acids is 1. The molecule has 0 spiro atoms. The van der Waals surface area contributed by atoms with Gasteiger partial charge in [-0.3, -0.25) is 4.98 Å². The average Bonchev–Trinajstić information content (AvgIpc) is 2.81. The van der Waals surface area contributed by atoms with Crippen molar-refractivity contribution in [2.24, 2.45) is 0 Å². The number of halogens is 1. The molecule has 164 valence electrons. The lowest BCUT2D eigenvalue weighted by Gasteiger charge is -2.09. The van der Waals surface area contributed by atoms with Crippen molar-refractivity contribution >= 4 is 28.7 Å². The Morgan fingerprint density at radius 1 is 0.935 bits per heavy atom. The zero-order valence-corrected chi connectivity index (χ0v) is 19.3. The van der Waals surface area contributed by atoms with Gasteiger partial charge >= 0.3 is 5.30 Å². The SMILES string of the molecule is CCCCCCCCSC(=O)Oc1cc(Cl)nnc1-c1ccccc1.c1ccncc1. The van der Waals surface area contributed by atoms with Gasteiger partial charge in [0.05, 0.1) is 0 Å². The van der Waals surface area contributed by atoms with Crippen molar-refractivity contribution in [2.75, 3.05) is 5.75 Å². The van der Waals surface area contributed by atoms with Crippen LogP contribution in [0, 0.1) is 0 Å². The fraction of sp³-hybridized carbons (Fsp3) is 0.333. The number of aromatic nitrogens is 3. The fourth-order valence-electron chi connectivity index (χ4n) is 2.70. The van der Waals surface area contributed by atoms with Gasteiger partial charge in [0, 0.05) is 29.8 Å². The number of pyridine rings is 1. The van der Waals surface area contributed by atoms with E-state index in [1.54, 1.807) is 12.4 Å². The number of rotatable bonds is 9. The van der Waals surface area contributed by atoms with Gasteiger partial charge < -0.3 is 4.74 Å². The van der Waals surface area contributed by atoms with E-state index in [-0.39, 0.29) is 10.5 Å². The Labute approximate surface area is 193 Å². The molecule has 0 amide bonds. The van der Waals surface area contributed by atoms with Gasteiger partial charge in [0.15, 0.2) is 10.9 Å². The number of nitrogens with zero attached hydrogens (tertiary/aromatic N) is 3. The second-order valence-electron chi connectivity index (χ2n) is 6.74. The zero-order valence-electron chi connectivity index (χ0n) is 17.7. The van der Waals surface area contributed by atoms with Crippen molar-refractivity contribution in [1.29, 1.82) is 0 Å². The Hall–Kier alpha value is -2.44. The first kappa shape index (κ1) is 24.8. The maximum absolute atomic E-state index is 12.1. The molecule has 0 atom stereocenters. The fourth-order valence-corrected chi connectivity index (χ4v) is 3.50. The molecule has 7 heteroatoms. The highest BCUT2D eigenvalue weighted by Gasteiger charge is 2.14. The lowest BCUT2D eigenvalue weighted by atomic mass is 10.1. The third-order valence-corrected chi connectivity index (χ3v) is 5.25. The van der Waals surface area contributed by atoms with Gasteiger partial charge in [-0.2, -0.15) is 0 Å². The Balaban J connectivity index is 0.000000488. The van der Waals surface area contributed by atoms with Gasteiger partial charge in [0.25, 0.3) is 0 Å². The first-order valence-electron chi connectivity index (χ1n) is 10.5. The third kappa shape index (κ3) is 10.4. The van der Waals surface area contributed by atoms with Crippen LogP contribution in [0.2, 0.25) is 5.15 Å². The lowest BCUT2D eigenvalue weighted by Crippen LogP contribution is -2.04. The molecule has 0 bridgehead atoms. The van der Waals surface area contributed by atoms with E-state index in [4.69, 9.17) is 16.3 Å². The van der Waals surface area contributed by atoms with Crippen LogP contribution in [0.5, 0.6) is 5.75 Å². The van der Waals surface area contributed by atoms with Crippen molar-refractivity contribution in [1.82, 2.24) is 15.2 Å².